The van der Waals surface area contributed by atoms with Gasteiger partial charge < -0.3 is 4.74 Å². The van der Waals surface area contributed by atoms with Gasteiger partial charge in [0.1, 0.15) is 5.75 Å². The summed E-state index contributed by atoms with van der Waals surface area (Å²) in [5.74, 6) is 0.176. The topological polar surface area (TPSA) is 26.3 Å². The third-order valence-electron chi connectivity index (χ3n) is 2.32. The van der Waals surface area contributed by atoms with Gasteiger partial charge in [-0.1, -0.05) is 42.5 Å². The number of carbonyl (C=O) groups excluding carboxylic acids is 1. The van der Waals surface area contributed by atoms with Gasteiger partial charge in [-0.2, -0.15) is 0 Å². The second-order valence-corrected chi connectivity index (χ2v) is 3.48. The SMILES string of the molecule is Cc1ccccc1OC(=O)C1C=CC=C1. The molecule has 0 atom stereocenters. The van der Waals surface area contributed by atoms with Gasteiger partial charge in [0.05, 0.1) is 5.92 Å². The maximum atomic E-state index is 11.6. The molecule has 0 aromatic heterocycles. The number of hydrogen-bond acceptors (Lipinski definition) is 2. The van der Waals surface area contributed by atoms with Crippen LogP contribution in [0.4, 0.5) is 0 Å². The van der Waals surface area contributed by atoms with E-state index in [2.05, 4.69) is 0 Å². The lowest BCUT2D eigenvalue weighted by Gasteiger charge is -2.08. The van der Waals surface area contributed by atoms with Crippen LogP contribution in [0.2, 0.25) is 0 Å². The molecule has 0 amide bonds. The molecule has 0 unspecified atom stereocenters. The van der Waals surface area contributed by atoms with Gasteiger partial charge in [-0.15, -0.1) is 0 Å². The van der Waals surface area contributed by atoms with Crippen LogP contribution in [0, 0.1) is 12.8 Å². The summed E-state index contributed by atoms with van der Waals surface area (Å²) in [6, 6.07) is 7.50. The highest BCUT2D eigenvalue weighted by Crippen LogP contribution is 2.19. The Morgan fingerprint density at radius 2 is 1.87 bits per heavy atom. The summed E-state index contributed by atoms with van der Waals surface area (Å²) >= 11 is 0. The molecular weight excluding hydrogens is 188 g/mol. The molecule has 0 bridgehead atoms. The molecule has 0 radical (unpaired) electrons. The Morgan fingerprint density at radius 1 is 1.20 bits per heavy atom. The lowest BCUT2D eigenvalue weighted by Crippen LogP contribution is -2.16. The van der Waals surface area contributed by atoms with Crippen LogP contribution in [0.15, 0.2) is 48.6 Å². The monoisotopic (exact) mass is 200 g/mol. The van der Waals surface area contributed by atoms with E-state index in [1.54, 1.807) is 6.07 Å². The first kappa shape index (κ1) is 9.71. The van der Waals surface area contributed by atoms with Crippen LogP contribution in [-0.2, 0) is 4.79 Å². The first-order valence-corrected chi connectivity index (χ1v) is 4.90. The molecule has 0 saturated heterocycles. The zero-order chi connectivity index (χ0) is 10.7. The van der Waals surface area contributed by atoms with Gasteiger partial charge in [0.15, 0.2) is 0 Å². The van der Waals surface area contributed by atoms with E-state index in [1.165, 1.54) is 0 Å². The second-order valence-electron chi connectivity index (χ2n) is 3.48. The second kappa shape index (κ2) is 4.13. The standard InChI is InChI=1S/C13H12O2/c1-10-6-2-5-9-12(10)15-13(14)11-7-3-4-8-11/h2-9,11H,1H3. The van der Waals surface area contributed by atoms with Crippen molar-refractivity contribution in [3.63, 3.8) is 0 Å². The smallest absolute Gasteiger partial charge is 0.322 e. The largest absolute Gasteiger partial charge is 0.426 e. The first-order chi connectivity index (χ1) is 7.27. The fraction of sp³-hybridized carbons (Fsp3) is 0.154. The fourth-order valence-electron chi connectivity index (χ4n) is 1.44. The van der Waals surface area contributed by atoms with Crippen LogP contribution >= 0.6 is 0 Å². The van der Waals surface area contributed by atoms with Crippen molar-refractivity contribution in [1.29, 1.82) is 0 Å². The van der Waals surface area contributed by atoms with E-state index in [4.69, 9.17) is 4.74 Å². The van der Waals surface area contributed by atoms with Crippen molar-refractivity contribution in [3.8, 4) is 5.75 Å². The Balaban J connectivity index is 2.09. The molecule has 0 aliphatic heterocycles. The minimum atomic E-state index is -0.232. The summed E-state index contributed by atoms with van der Waals surface area (Å²) in [5, 5.41) is 0. The Labute approximate surface area is 88.9 Å². The predicted molar refractivity (Wildman–Crippen MR) is 58.6 cm³/mol. The molecule has 0 N–H and O–H groups in total. The summed E-state index contributed by atoms with van der Waals surface area (Å²) in [7, 11) is 0. The Hall–Kier alpha value is -1.83. The summed E-state index contributed by atoms with van der Waals surface area (Å²) in [5.41, 5.74) is 0.969. The highest BCUT2D eigenvalue weighted by atomic mass is 16.5. The maximum absolute atomic E-state index is 11.6. The van der Waals surface area contributed by atoms with E-state index >= 15 is 0 Å². The molecule has 0 fully saturated rings. The maximum Gasteiger partial charge on any atom is 0.322 e. The number of aryl methyl sites for hydroxylation is 1. The molecule has 76 valence electrons. The van der Waals surface area contributed by atoms with E-state index in [9.17, 15) is 4.79 Å². The molecule has 1 aliphatic rings. The number of allylic oxidation sites excluding steroid dienone is 2. The Bertz CT molecular complexity index is 418. The van der Waals surface area contributed by atoms with Crippen LogP contribution in [0.5, 0.6) is 5.75 Å². The number of carbonyl (C=O) groups is 1. The zero-order valence-corrected chi connectivity index (χ0v) is 8.51. The van der Waals surface area contributed by atoms with Gasteiger partial charge in [-0.25, -0.2) is 0 Å². The molecule has 0 heterocycles. The van der Waals surface area contributed by atoms with Gasteiger partial charge in [0.25, 0.3) is 0 Å². The lowest BCUT2D eigenvalue weighted by molar-refractivity contribution is -0.135. The zero-order valence-electron chi connectivity index (χ0n) is 8.51. The van der Waals surface area contributed by atoms with E-state index in [-0.39, 0.29) is 11.9 Å². The molecule has 0 spiro atoms. The number of benzene rings is 1. The van der Waals surface area contributed by atoms with Crippen molar-refractivity contribution in [1.82, 2.24) is 0 Å². The molecule has 1 aliphatic carbocycles. The number of ether oxygens (including phenoxy) is 1. The van der Waals surface area contributed by atoms with Crippen molar-refractivity contribution in [2.45, 2.75) is 6.92 Å². The molecule has 1 aromatic rings. The minimum absolute atomic E-state index is 0.227. The van der Waals surface area contributed by atoms with E-state index in [1.807, 2.05) is 49.4 Å². The van der Waals surface area contributed by atoms with Gasteiger partial charge in [0.2, 0.25) is 0 Å². The van der Waals surface area contributed by atoms with Crippen LogP contribution in [-0.4, -0.2) is 5.97 Å². The Morgan fingerprint density at radius 3 is 2.53 bits per heavy atom. The number of para-hydroxylation sites is 1. The van der Waals surface area contributed by atoms with E-state index in [0.29, 0.717) is 5.75 Å². The van der Waals surface area contributed by atoms with Gasteiger partial charge in [-0.05, 0) is 18.6 Å². The predicted octanol–water partition coefficient (Wildman–Crippen LogP) is 2.64. The van der Waals surface area contributed by atoms with Crippen molar-refractivity contribution >= 4 is 5.97 Å². The molecular formula is C13H12O2. The van der Waals surface area contributed by atoms with Crippen LogP contribution in [0.25, 0.3) is 0 Å². The summed E-state index contributed by atoms with van der Waals surface area (Å²) < 4.78 is 5.29. The normalized spacial score (nSPS) is 14.5. The van der Waals surface area contributed by atoms with Gasteiger partial charge in [-0.3, -0.25) is 4.79 Å². The Kier molecular flexibility index (Phi) is 2.68. The van der Waals surface area contributed by atoms with Crippen LogP contribution < -0.4 is 4.74 Å². The lowest BCUT2D eigenvalue weighted by atomic mass is 10.2. The van der Waals surface area contributed by atoms with Gasteiger partial charge >= 0.3 is 5.97 Å². The fourth-order valence-corrected chi connectivity index (χ4v) is 1.44. The average molecular weight is 200 g/mol. The van der Waals surface area contributed by atoms with Crippen molar-refractivity contribution in [2.24, 2.45) is 5.92 Å². The third-order valence-corrected chi connectivity index (χ3v) is 2.32. The highest BCUT2D eigenvalue weighted by molar-refractivity contribution is 5.80. The first-order valence-electron chi connectivity index (χ1n) is 4.90. The average Bonchev–Trinajstić information content (AvgIpc) is 2.74. The van der Waals surface area contributed by atoms with Crippen molar-refractivity contribution < 1.29 is 9.53 Å². The molecule has 2 rings (SSSR count). The van der Waals surface area contributed by atoms with E-state index < -0.39 is 0 Å². The number of esters is 1. The third kappa shape index (κ3) is 2.15. The van der Waals surface area contributed by atoms with Crippen molar-refractivity contribution in [3.05, 3.63) is 54.1 Å². The number of hydrogen-bond donors (Lipinski definition) is 0. The van der Waals surface area contributed by atoms with Crippen LogP contribution in [0.3, 0.4) is 0 Å². The quantitative estimate of drug-likeness (QED) is 0.542. The molecule has 2 heteroatoms. The number of rotatable bonds is 2. The minimum Gasteiger partial charge on any atom is -0.426 e. The van der Waals surface area contributed by atoms with E-state index in [0.717, 1.165) is 5.56 Å². The highest BCUT2D eigenvalue weighted by Gasteiger charge is 2.16. The summed E-state index contributed by atoms with van der Waals surface area (Å²) in [4.78, 5) is 11.6. The summed E-state index contributed by atoms with van der Waals surface area (Å²) in [6.07, 6.45) is 7.34. The molecule has 2 nitrogen and oxygen atoms in total. The molecule has 0 saturated carbocycles. The van der Waals surface area contributed by atoms with Gasteiger partial charge in [0, 0.05) is 0 Å². The van der Waals surface area contributed by atoms with Crippen LogP contribution in [0.1, 0.15) is 5.56 Å². The molecule has 15 heavy (non-hydrogen) atoms. The van der Waals surface area contributed by atoms with Crippen molar-refractivity contribution in [2.75, 3.05) is 0 Å². The summed E-state index contributed by atoms with van der Waals surface area (Å²) in [6.45, 7) is 1.92. The molecule has 1 aromatic carbocycles.